The van der Waals surface area contributed by atoms with Crippen LogP contribution in [0.25, 0.3) is 0 Å². The van der Waals surface area contributed by atoms with Gasteiger partial charge in [-0.1, -0.05) is 42.5 Å². The molecule has 0 aliphatic rings. The van der Waals surface area contributed by atoms with Gasteiger partial charge in [0.25, 0.3) is 0 Å². The van der Waals surface area contributed by atoms with Crippen LogP contribution >= 0.6 is 0 Å². The predicted molar refractivity (Wildman–Crippen MR) is 73.4 cm³/mol. The monoisotopic (exact) mass is 273 g/mol. The van der Waals surface area contributed by atoms with Gasteiger partial charge >= 0.3 is 5.97 Å². The number of phenolic OH excluding ortho intramolecular Hbond substituents is 1. The fourth-order valence-corrected chi connectivity index (χ4v) is 1.78. The highest BCUT2D eigenvalue weighted by atomic mass is 16.5. The van der Waals surface area contributed by atoms with Crippen molar-refractivity contribution in [3.8, 4) is 11.5 Å². The van der Waals surface area contributed by atoms with Crippen LogP contribution in [0.5, 0.6) is 11.5 Å². The van der Waals surface area contributed by atoms with Gasteiger partial charge in [-0.2, -0.15) is 0 Å². The molecule has 0 bridgehead atoms. The Hall–Kier alpha value is -2.53. The van der Waals surface area contributed by atoms with E-state index in [0.29, 0.717) is 0 Å². The van der Waals surface area contributed by atoms with Crippen molar-refractivity contribution in [2.45, 2.75) is 12.6 Å². The first-order valence-corrected chi connectivity index (χ1v) is 6.06. The number of carboxylic acids is 1. The van der Waals surface area contributed by atoms with Crippen LogP contribution < -0.4 is 10.5 Å². The Morgan fingerprint density at radius 1 is 1.15 bits per heavy atom. The molecule has 5 nitrogen and oxygen atoms in total. The Morgan fingerprint density at radius 3 is 2.50 bits per heavy atom. The van der Waals surface area contributed by atoms with E-state index in [1.807, 2.05) is 30.3 Å². The van der Waals surface area contributed by atoms with Gasteiger partial charge in [0.15, 0.2) is 11.5 Å². The summed E-state index contributed by atoms with van der Waals surface area (Å²) in [5.74, 6) is -1.23. The van der Waals surface area contributed by atoms with Crippen molar-refractivity contribution in [1.82, 2.24) is 0 Å². The summed E-state index contributed by atoms with van der Waals surface area (Å²) >= 11 is 0. The third-order valence-corrected chi connectivity index (χ3v) is 2.87. The fourth-order valence-electron chi connectivity index (χ4n) is 1.78. The van der Waals surface area contributed by atoms with Gasteiger partial charge in [-0.3, -0.25) is 4.79 Å². The minimum absolute atomic E-state index is 0.128. The molecule has 0 radical (unpaired) electrons. The highest BCUT2D eigenvalue weighted by molar-refractivity contribution is 5.76. The number of nitrogens with two attached hydrogens (primary N) is 1. The SMILES string of the molecule is N[C@H](C(=O)O)c1cccc(OCc2ccccc2)c1O. The number of para-hydroxylation sites is 1. The molecule has 0 aliphatic heterocycles. The summed E-state index contributed by atoms with van der Waals surface area (Å²) < 4.78 is 5.49. The van der Waals surface area contributed by atoms with E-state index in [0.717, 1.165) is 5.56 Å². The normalized spacial score (nSPS) is 11.8. The van der Waals surface area contributed by atoms with E-state index in [1.165, 1.54) is 6.07 Å². The van der Waals surface area contributed by atoms with Crippen molar-refractivity contribution in [2.24, 2.45) is 5.73 Å². The molecule has 104 valence electrons. The number of carboxylic acid groups (broad SMARTS) is 1. The molecule has 0 saturated heterocycles. The molecule has 20 heavy (non-hydrogen) atoms. The molecule has 0 heterocycles. The van der Waals surface area contributed by atoms with Gasteiger partial charge in [-0.05, 0) is 11.6 Å². The highest BCUT2D eigenvalue weighted by Crippen LogP contribution is 2.33. The Balaban J connectivity index is 2.17. The molecule has 0 aliphatic carbocycles. The second kappa shape index (κ2) is 6.08. The molecule has 4 N–H and O–H groups in total. The molecule has 0 amide bonds. The van der Waals surface area contributed by atoms with Crippen molar-refractivity contribution in [3.63, 3.8) is 0 Å². The van der Waals surface area contributed by atoms with E-state index in [9.17, 15) is 9.90 Å². The zero-order chi connectivity index (χ0) is 14.5. The summed E-state index contributed by atoms with van der Waals surface area (Å²) in [7, 11) is 0. The van der Waals surface area contributed by atoms with Crippen LogP contribution in [0.2, 0.25) is 0 Å². The summed E-state index contributed by atoms with van der Waals surface area (Å²) in [6.07, 6.45) is 0. The zero-order valence-corrected chi connectivity index (χ0v) is 10.7. The summed E-state index contributed by atoms with van der Waals surface area (Å²) in [5.41, 5.74) is 6.57. The van der Waals surface area contributed by atoms with Crippen LogP contribution in [0.4, 0.5) is 0 Å². The summed E-state index contributed by atoms with van der Waals surface area (Å²) in [6.45, 7) is 0.278. The number of carbonyl (C=O) groups is 1. The van der Waals surface area contributed by atoms with Crippen LogP contribution in [-0.2, 0) is 11.4 Å². The van der Waals surface area contributed by atoms with Crippen LogP contribution in [-0.4, -0.2) is 16.2 Å². The van der Waals surface area contributed by atoms with Gasteiger partial charge in [0.2, 0.25) is 0 Å². The molecule has 2 rings (SSSR count). The number of rotatable bonds is 5. The smallest absolute Gasteiger partial charge is 0.325 e. The standard InChI is InChI=1S/C15H15NO4/c16-13(15(18)19)11-7-4-8-12(14(11)17)20-9-10-5-2-1-3-6-10/h1-8,13,17H,9,16H2,(H,18,19)/t13-/m0/s1. The Morgan fingerprint density at radius 2 is 1.85 bits per heavy atom. The first-order chi connectivity index (χ1) is 9.59. The third kappa shape index (κ3) is 3.07. The molecule has 2 aromatic rings. The molecule has 0 saturated carbocycles. The van der Waals surface area contributed by atoms with E-state index >= 15 is 0 Å². The van der Waals surface area contributed by atoms with Crippen molar-refractivity contribution in [3.05, 3.63) is 59.7 Å². The van der Waals surface area contributed by atoms with E-state index in [2.05, 4.69) is 0 Å². The molecule has 0 spiro atoms. The summed E-state index contributed by atoms with van der Waals surface area (Å²) in [4.78, 5) is 10.9. The topological polar surface area (TPSA) is 92.8 Å². The largest absolute Gasteiger partial charge is 0.504 e. The lowest BCUT2D eigenvalue weighted by Gasteiger charge is -2.13. The minimum Gasteiger partial charge on any atom is -0.504 e. The van der Waals surface area contributed by atoms with Crippen LogP contribution in [0.15, 0.2) is 48.5 Å². The van der Waals surface area contributed by atoms with Gasteiger partial charge in [-0.25, -0.2) is 0 Å². The van der Waals surface area contributed by atoms with Gasteiger partial charge in [0.05, 0.1) is 0 Å². The summed E-state index contributed by atoms with van der Waals surface area (Å²) in [5, 5.41) is 18.9. The molecule has 0 aromatic heterocycles. The Labute approximate surface area is 116 Å². The molecule has 0 unspecified atom stereocenters. The molecular formula is C15H15NO4. The van der Waals surface area contributed by atoms with E-state index in [4.69, 9.17) is 15.6 Å². The molecule has 0 fully saturated rings. The Kier molecular flexibility index (Phi) is 4.22. The Bertz CT molecular complexity index is 598. The number of aromatic hydroxyl groups is 1. The molecule has 5 heteroatoms. The zero-order valence-electron chi connectivity index (χ0n) is 10.7. The maximum Gasteiger partial charge on any atom is 0.325 e. The minimum atomic E-state index is -1.28. The molecule has 1 atom stereocenters. The number of aliphatic carboxylic acids is 1. The van der Waals surface area contributed by atoms with E-state index < -0.39 is 12.0 Å². The number of hydrogen-bond donors (Lipinski definition) is 3. The van der Waals surface area contributed by atoms with Crippen molar-refractivity contribution < 1.29 is 19.7 Å². The first-order valence-electron chi connectivity index (χ1n) is 6.06. The number of benzene rings is 2. The van der Waals surface area contributed by atoms with Gasteiger partial charge in [0.1, 0.15) is 12.6 Å². The second-order valence-electron chi connectivity index (χ2n) is 4.28. The van der Waals surface area contributed by atoms with Gasteiger partial charge in [-0.15, -0.1) is 0 Å². The quantitative estimate of drug-likeness (QED) is 0.775. The first kappa shape index (κ1) is 13.9. The second-order valence-corrected chi connectivity index (χ2v) is 4.28. The number of ether oxygens (including phenoxy) is 1. The average Bonchev–Trinajstić information content (AvgIpc) is 2.46. The molecular weight excluding hydrogens is 258 g/mol. The lowest BCUT2D eigenvalue weighted by molar-refractivity contribution is -0.138. The van der Waals surface area contributed by atoms with Crippen molar-refractivity contribution >= 4 is 5.97 Å². The predicted octanol–water partition coefficient (Wildman–Crippen LogP) is 2.06. The summed E-state index contributed by atoms with van der Waals surface area (Å²) in [6, 6.07) is 12.8. The van der Waals surface area contributed by atoms with Crippen LogP contribution in [0.1, 0.15) is 17.2 Å². The maximum absolute atomic E-state index is 10.9. The fraction of sp³-hybridized carbons (Fsp3) is 0.133. The van der Waals surface area contributed by atoms with Crippen LogP contribution in [0, 0.1) is 0 Å². The highest BCUT2D eigenvalue weighted by Gasteiger charge is 2.20. The van der Waals surface area contributed by atoms with Crippen molar-refractivity contribution in [2.75, 3.05) is 0 Å². The number of phenols is 1. The van der Waals surface area contributed by atoms with Crippen molar-refractivity contribution in [1.29, 1.82) is 0 Å². The third-order valence-electron chi connectivity index (χ3n) is 2.87. The maximum atomic E-state index is 10.9. The lowest BCUT2D eigenvalue weighted by Crippen LogP contribution is -2.20. The number of hydrogen-bond acceptors (Lipinski definition) is 4. The average molecular weight is 273 g/mol. The van der Waals surface area contributed by atoms with Crippen LogP contribution in [0.3, 0.4) is 0 Å². The lowest BCUT2D eigenvalue weighted by atomic mass is 10.1. The van der Waals surface area contributed by atoms with E-state index in [1.54, 1.807) is 12.1 Å². The molecule has 2 aromatic carbocycles. The van der Waals surface area contributed by atoms with E-state index in [-0.39, 0.29) is 23.7 Å². The van der Waals surface area contributed by atoms with Gasteiger partial charge < -0.3 is 20.7 Å². The van der Waals surface area contributed by atoms with Gasteiger partial charge in [0, 0.05) is 5.56 Å².